The lowest BCUT2D eigenvalue weighted by molar-refractivity contribution is 1.09. The summed E-state index contributed by atoms with van der Waals surface area (Å²) in [5.74, 6) is 0. The molecule has 0 spiro atoms. The Bertz CT molecular complexity index is 201. The van der Waals surface area contributed by atoms with E-state index in [0.29, 0.717) is 0 Å². The molecule has 0 amide bonds. The van der Waals surface area contributed by atoms with E-state index in [1.165, 1.54) is 17.5 Å². The molecule has 0 fully saturated rings. The molecule has 15 heavy (non-hydrogen) atoms. The molecule has 90 valence electrons. The third-order valence-electron chi connectivity index (χ3n) is 1.49. The van der Waals surface area contributed by atoms with Crippen LogP contribution in [0, 0.1) is 6.92 Å². The van der Waals surface area contributed by atoms with Crippen LogP contribution in [0.25, 0.3) is 0 Å². The average Bonchev–Trinajstić information content (AvgIpc) is 2.22. The lowest BCUT2D eigenvalue weighted by atomic mass is 10.1. The largest absolute Gasteiger partial charge is 0.0776 e. The molecule has 1 aromatic carbocycles. The zero-order chi connectivity index (χ0) is 11.4. The van der Waals surface area contributed by atoms with Crippen LogP contribution in [-0.4, -0.2) is 0 Å². The van der Waals surface area contributed by atoms with Crippen molar-refractivity contribution >= 4 is 0 Å². The first-order valence-corrected chi connectivity index (χ1v) is 5.80. The van der Waals surface area contributed by atoms with Crippen molar-refractivity contribution in [1.82, 2.24) is 0 Å². The van der Waals surface area contributed by atoms with Crippen LogP contribution >= 0.6 is 0 Å². The maximum atomic E-state index is 2.22. The van der Waals surface area contributed by atoms with E-state index in [9.17, 15) is 0 Å². The molecule has 0 atom stereocenters. The molecule has 0 saturated carbocycles. The van der Waals surface area contributed by atoms with Gasteiger partial charge in [0.15, 0.2) is 0 Å². The Kier molecular flexibility index (Phi) is 20.6. The van der Waals surface area contributed by atoms with Crippen molar-refractivity contribution in [3.63, 3.8) is 0 Å². The van der Waals surface area contributed by atoms with Gasteiger partial charge in [-0.3, -0.25) is 0 Å². The molecular formula is C15H30. The number of benzene rings is 1. The van der Waals surface area contributed by atoms with Crippen LogP contribution in [0.2, 0.25) is 0 Å². The molecule has 0 aliphatic carbocycles. The van der Waals surface area contributed by atoms with E-state index < -0.39 is 0 Å². The normalized spacial score (nSPS) is 7.33. The summed E-state index contributed by atoms with van der Waals surface area (Å²) in [5, 5.41) is 0. The van der Waals surface area contributed by atoms with Gasteiger partial charge in [0.2, 0.25) is 0 Å². The molecule has 0 heterocycles. The van der Waals surface area contributed by atoms with Crippen molar-refractivity contribution in [2.24, 2.45) is 0 Å². The second kappa shape index (κ2) is 15.7. The summed E-state index contributed by atoms with van der Waals surface area (Å²) in [6.07, 6.45) is 2.39. The Balaban J connectivity index is -0.000000209. The van der Waals surface area contributed by atoms with Gasteiger partial charge in [-0.05, 0) is 18.9 Å². The minimum Gasteiger partial charge on any atom is -0.0776 e. The monoisotopic (exact) mass is 210 g/mol. The fourth-order valence-corrected chi connectivity index (χ4v) is 0.932. The van der Waals surface area contributed by atoms with Crippen LogP contribution in [0.5, 0.6) is 0 Å². The molecule has 0 saturated heterocycles. The van der Waals surface area contributed by atoms with Crippen molar-refractivity contribution in [2.45, 2.75) is 61.8 Å². The van der Waals surface area contributed by atoms with Crippen molar-refractivity contribution < 1.29 is 0 Å². The molecule has 0 radical (unpaired) electrons. The Morgan fingerprint density at radius 2 is 1.47 bits per heavy atom. The summed E-state index contributed by atoms with van der Waals surface area (Å²) >= 11 is 0. The van der Waals surface area contributed by atoms with Gasteiger partial charge in [0.05, 0.1) is 0 Å². The Labute approximate surface area is 97.7 Å². The Hall–Kier alpha value is -0.780. The number of hydrogen-bond donors (Lipinski definition) is 0. The van der Waals surface area contributed by atoms with Gasteiger partial charge in [-0.15, -0.1) is 0 Å². The van der Waals surface area contributed by atoms with E-state index in [2.05, 4.69) is 52.0 Å². The van der Waals surface area contributed by atoms with Crippen molar-refractivity contribution in [3.8, 4) is 0 Å². The molecule has 0 nitrogen and oxygen atoms in total. The number of aryl methyl sites for hydroxylation is 2. The van der Waals surface area contributed by atoms with Gasteiger partial charge < -0.3 is 0 Å². The van der Waals surface area contributed by atoms with Crippen LogP contribution in [-0.2, 0) is 6.42 Å². The van der Waals surface area contributed by atoms with Crippen molar-refractivity contribution in [3.05, 3.63) is 35.4 Å². The molecule has 1 aromatic rings. The summed E-state index contributed by atoms with van der Waals surface area (Å²) < 4.78 is 0. The maximum absolute atomic E-state index is 2.22. The quantitative estimate of drug-likeness (QED) is 0.563. The van der Waals surface area contributed by atoms with Gasteiger partial charge in [0, 0.05) is 0 Å². The number of rotatable bonds is 1. The molecule has 0 aromatic heterocycles. The second-order valence-electron chi connectivity index (χ2n) is 3.05. The van der Waals surface area contributed by atoms with E-state index in [-0.39, 0.29) is 7.43 Å². The predicted molar refractivity (Wildman–Crippen MR) is 74.6 cm³/mol. The third-order valence-corrected chi connectivity index (χ3v) is 1.49. The molecule has 0 unspecified atom stereocenters. The van der Waals surface area contributed by atoms with E-state index in [4.69, 9.17) is 0 Å². The van der Waals surface area contributed by atoms with Crippen LogP contribution in [0.3, 0.4) is 0 Å². The van der Waals surface area contributed by atoms with Crippen molar-refractivity contribution in [2.75, 3.05) is 0 Å². The van der Waals surface area contributed by atoms with Gasteiger partial charge in [-0.2, -0.15) is 0 Å². The van der Waals surface area contributed by atoms with Crippen LogP contribution in [0.4, 0.5) is 0 Å². The standard InChI is InChI=1S/C9H12.C3H8.C2H6.CH4/c1-3-9-6-4-5-8(2)7-9;1-3-2;1-2;/h4-7H,3H2,1-2H3;3H2,1-2H3;1-2H3;1H4. The van der Waals surface area contributed by atoms with E-state index in [1.54, 1.807) is 0 Å². The first kappa shape index (κ1) is 19.7. The fourth-order valence-electron chi connectivity index (χ4n) is 0.932. The SMILES string of the molecule is C.CC.CCC.CCc1cccc(C)c1. The number of hydrogen-bond acceptors (Lipinski definition) is 0. The summed E-state index contributed by atoms with van der Waals surface area (Å²) in [7, 11) is 0. The van der Waals surface area contributed by atoms with Gasteiger partial charge in [0.1, 0.15) is 0 Å². The lowest BCUT2D eigenvalue weighted by Gasteiger charge is -1.95. The summed E-state index contributed by atoms with van der Waals surface area (Å²) in [4.78, 5) is 0. The molecule has 0 aliphatic heterocycles. The Morgan fingerprint density at radius 3 is 1.73 bits per heavy atom. The highest BCUT2D eigenvalue weighted by Crippen LogP contribution is 2.03. The average molecular weight is 210 g/mol. The molecule has 0 aliphatic rings. The third kappa shape index (κ3) is 13.2. The van der Waals surface area contributed by atoms with Gasteiger partial charge >= 0.3 is 0 Å². The first-order valence-electron chi connectivity index (χ1n) is 5.80. The fraction of sp³-hybridized carbons (Fsp3) is 0.600. The zero-order valence-corrected chi connectivity index (χ0v) is 10.7. The van der Waals surface area contributed by atoms with E-state index in [1.807, 2.05) is 13.8 Å². The summed E-state index contributed by atoms with van der Waals surface area (Å²) in [6.45, 7) is 12.5. The van der Waals surface area contributed by atoms with Crippen LogP contribution < -0.4 is 0 Å². The van der Waals surface area contributed by atoms with Crippen LogP contribution in [0.15, 0.2) is 24.3 Å². The maximum Gasteiger partial charge on any atom is -0.0307 e. The molecular weight excluding hydrogens is 180 g/mol. The minimum absolute atomic E-state index is 0. The highest BCUT2D eigenvalue weighted by Gasteiger charge is 1.85. The van der Waals surface area contributed by atoms with Crippen LogP contribution in [0.1, 0.15) is 59.6 Å². The molecule has 0 bridgehead atoms. The lowest BCUT2D eigenvalue weighted by Crippen LogP contribution is -1.78. The van der Waals surface area contributed by atoms with Crippen molar-refractivity contribution in [1.29, 1.82) is 0 Å². The smallest absolute Gasteiger partial charge is 0.0307 e. The summed E-state index contributed by atoms with van der Waals surface area (Å²) in [6, 6.07) is 8.61. The summed E-state index contributed by atoms with van der Waals surface area (Å²) in [5.41, 5.74) is 2.78. The second-order valence-corrected chi connectivity index (χ2v) is 3.05. The molecule has 1 rings (SSSR count). The molecule has 0 heteroatoms. The highest BCUT2D eigenvalue weighted by atomic mass is 13.9. The zero-order valence-electron chi connectivity index (χ0n) is 10.7. The van der Waals surface area contributed by atoms with E-state index >= 15 is 0 Å². The predicted octanol–water partition coefficient (Wildman–Crippen LogP) is 5.64. The minimum atomic E-state index is 0. The topological polar surface area (TPSA) is 0 Å². The van der Waals surface area contributed by atoms with Gasteiger partial charge in [-0.25, -0.2) is 0 Å². The molecule has 0 N–H and O–H groups in total. The van der Waals surface area contributed by atoms with E-state index in [0.717, 1.165) is 6.42 Å². The first-order chi connectivity index (χ1) is 6.74. The Morgan fingerprint density at radius 1 is 1.00 bits per heavy atom. The van der Waals surface area contributed by atoms with Gasteiger partial charge in [0.25, 0.3) is 0 Å². The highest BCUT2D eigenvalue weighted by molar-refractivity contribution is 5.21. The van der Waals surface area contributed by atoms with Gasteiger partial charge in [-0.1, -0.05) is 78.3 Å².